The van der Waals surface area contributed by atoms with Crippen molar-refractivity contribution in [1.29, 1.82) is 0 Å². The molecule has 0 saturated heterocycles. The smallest absolute Gasteiger partial charge is 0.350 e. The van der Waals surface area contributed by atoms with E-state index in [9.17, 15) is 9.59 Å². The van der Waals surface area contributed by atoms with Crippen molar-refractivity contribution in [2.45, 2.75) is 59.7 Å². The van der Waals surface area contributed by atoms with Crippen LogP contribution in [0.4, 0.5) is 0 Å². The molecule has 0 radical (unpaired) electrons. The number of ether oxygens (including phenoxy) is 2. The molecule has 1 aromatic heterocycles. The first-order valence-electron chi connectivity index (χ1n) is 10.0. The normalized spacial score (nSPS) is 12.1. The predicted octanol–water partition coefficient (Wildman–Crippen LogP) is 6.23. The third kappa shape index (κ3) is 5.10. The summed E-state index contributed by atoms with van der Waals surface area (Å²) in [7, 11) is 0. The van der Waals surface area contributed by atoms with E-state index in [4.69, 9.17) is 25.5 Å². The van der Waals surface area contributed by atoms with Crippen molar-refractivity contribution in [3.05, 3.63) is 62.8 Å². The standard InChI is InChI=1S/C25H27ClO5/c1-14-10-16(20-13-19(27)18-9-8-17(26)12-21(18)29-20)11-15(2)22(14)30-25(6,7)23(28)31-24(3,4)5/h8-13H,1-7H3. The zero-order valence-electron chi connectivity index (χ0n) is 18.9. The molecule has 5 nitrogen and oxygen atoms in total. The predicted molar refractivity (Wildman–Crippen MR) is 123 cm³/mol. The first-order chi connectivity index (χ1) is 14.3. The van der Waals surface area contributed by atoms with Crippen LogP contribution in [-0.4, -0.2) is 17.2 Å². The lowest BCUT2D eigenvalue weighted by molar-refractivity contribution is -0.171. The summed E-state index contributed by atoms with van der Waals surface area (Å²) in [5, 5.41) is 0.967. The van der Waals surface area contributed by atoms with Gasteiger partial charge in [-0.1, -0.05) is 11.6 Å². The lowest BCUT2D eigenvalue weighted by Gasteiger charge is -2.30. The van der Waals surface area contributed by atoms with Crippen LogP contribution in [0.5, 0.6) is 5.75 Å². The Morgan fingerprint density at radius 1 is 0.968 bits per heavy atom. The van der Waals surface area contributed by atoms with Crippen molar-refractivity contribution in [2.75, 3.05) is 0 Å². The second-order valence-electron chi connectivity index (χ2n) is 9.17. The van der Waals surface area contributed by atoms with E-state index in [0.29, 0.717) is 27.5 Å². The van der Waals surface area contributed by atoms with Crippen molar-refractivity contribution in [3.63, 3.8) is 0 Å². The Hall–Kier alpha value is -2.79. The van der Waals surface area contributed by atoms with Gasteiger partial charge in [0.2, 0.25) is 0 Å². The maximum Gasteiger partial charge on any atom is 0.350 e. The third-order valence-corrected chi connectivity index (χ3v) is 4.92. The fraction of sp³-hybridized carbons (Fsp3) is 0.360. The summed E-state index contributed by atoms with van der Waals surface area (Å²) in [5.74, 6) is 0.579. The molecule has 0 spiro atoms. The molecule has 0 unspecified atom stereocenters. The highest BCUT2D eigenvalue weighted by Gasteiger charge is 2.35. The number of aryl methyl sites for hydroxylation is 2. The first kappa shape index (κ1) is 22.9. The van der Waals surface area contributed by atoms with Crippen molar-refractivity contribution in [2.24, 2.45) is 0 Å². The maximum absolute atomic E-state index is 12.6. The molecule has 0 bridgehead atoms. The summed E-state index contributed by atoms with van der Waals surface area (Å²) in [4.78, 5) is 25.1. The van der Waals surface area contributed by atoms with E-state index in [1.165, 1.54) is 6.07 Å². The van der Waals surface area contributed by atoms with Gasteiger partial charge in [-0.3, -0.25) is 4.79 Å². The lowest BCUT2D eigenvalue weighted by Crippen LogP contribution is -2.43. The van der Waals surface area contributed by atoms with E-state index in [0.717, 1.165) is 16.7 Å². The van der Waals surface area contributed by atoms with Gasteiger partial charge >= 0.3 is 5.97 Å². The topological polar surface area (TPSA) is 65.7 Å². The van der Waals surface area contributed by atoms with Crippen LogP contribution < -0.4 is 10.2 Å². The van der Waals surface area contributed by atoms with Gasteiger partial charge in [0, 0.05) is 22.7 Å². The summed E-state index contributed by atoms with van der Waals surface area (Å²) in [6.07, 6.45) is 0. The zero-order valence-corrected chi connectivity index (χ0v) is 19.6. The van der Waals surface area contributed by atoms with Gasteiger partial charge in [0.1, 0.15) is 22.7 Å². The number of carbonyl (C=O) groups excluding carboxylic acids is 1. The number of hydrogen-bond acceptors (Lipinski definition) is 5. The molecule has 31 heavy (non-hydrogen) atoms. The minimum Gasteiger partial charge on any atom is -0.476 e. The summed E-state index contributed by atoms with van der Waals surface area (Å²) in [6, 6.07) is 10.1. The Bertz CT molecular complexity index is 1190. The average molecular weight is 443 g/mol. The van der Waals surface area contributed by atoms with Gasteiger partial charge in [0.05, 0.1) is 5.39 Å². The Labute approximate surface area is 186 Å². The van der Waals surface area contributed by atoms with Gasteiger partial charge in [-0.15, -0.1) is 0 Å². The average Bonchev–Trinajstić information content (AvgIpc) is 2.62. The highest BCUT2D eigenvalue weighted by Crippen LogP contribution is 2.34. The van der Waals surface area contributed by atoms with E-state index < -0.39 is 17.2 Å². The Morgan fingerprint density at radius 2 is 1.58 bits per heavy atom. The molecule has 3 aromatic rings. The molecule has 0 aliphatic heterocycles. The van der Waals surface area contributed by atoms with E-state index in [1.54, 1.807) is 32.0 Å². The van der Waals surface area contributed by atoms with E-state index in [-0.39, 0.29) is 5.43 Å². The van der Waals surface area contributed by atoms with Gasteiger partial charge in [0.15, 0.2) is 11.0 Å². The minimum atomic E-state index is -1.17. The SMILES string of the molecule is Cc1cc(-c2cc(=O)c3ccc(Cl)cc3o2)cc(C)c1OC(C)(C)C(=O)OC(C)(C)C. The first-order valence-corrected chi connectivity index (χ1v) is 10.4. The molecule has 0 amide bonds. The number of esters is 1. The molecule has 6 heteroatoms. The van der Waals surface area contributed by atoms with E-state index >= 15 is 0 Å². The monoisotopic (exact) mass is 442 g/mol. The molecule has 2 aromatic carbocycles. The fourth-order valence-corrected chi connectivity index (χ4v) is 3.38. The van der Waals surface area contributed by atoms with Crippen molar-refractivity contribution in [1.82, 2.24) is 0 Å². The molecular weight excluding hydrogens is 416 g/mol. The van der Waals surface area contributed by atoms with Gasteiger partial charge < -0.3 is 13.9 Å². The Morgan fingerprint density at radius 3 is 2.16 bits per heavy atom. The summed E-state index contributed by atoms with van der Waals surface area (Å²) in [6.45, 7) is 12.6. The molecule has 0 fully saturated rings. The van der Waals surface area contributed by atoms with Crippen molar-refractivity contribution in [3.8, 4) is 17.1 Å². The number of benzene rings is 2. The van der Waals surface area contributed by atoms with Crippen LogP contribution in [-0.2, 0) is 9.53 Å². The lowest BCUT2D eigenvalue weighted by atomic mass is 10.0. The van der Waals surface area contributed by atoms with Gasteiger partial charge in [-0.25, -0.2) is 4.79 Å². The van der Waals surface area contributed by atoms with Gasteiger partial charge in [-0.05, 0) is 83.9 Å². The molecule has 0 aliphatic rings. The molecule has 0 aliphatic carbocycles. The second-order valence-corrected chi connectivity index (χ2v) is 9.61. The summed E-state index contributed by atoms with van der Waals surface area (Å²) in [5.41, 5.74) is 0.849. The molecule has 0 N–H and O–H groups in total. The number of carbonyl (C=O) groups is 1. The molecule has 1 heterocycles. The Kier molecular flexibility index (Phi) is 5.94. The van der Waals surface area contributed by atoms with Crippen molar-refractivity contribution >= 4 is 28.5 Å². The third-order valence-electron chi connectivity index (χ3n) is 4.68. The largest absolute Gasteiger partial charge is 0.476 e. The molecular formula is C25H27ClO5. The summed E-state index contributed by atoms with van der Waals surface area (Å²) >= 11 is 6.05. The molecule has 0 atom stereocenters. The van der Waals surface area contributed by atoms with Crippen LogP contribution in [0.2, 0.25) is 5.02 Å². The van der Waals surface area contributed by atoms with Gasteiger partial charge in [0.25, 0.3) is 0 Å². The van der Waals surface area contributed by atoms with E-state index in [1.807, 2.05) is 46.8 Å². The molecule has 3 rings (SSSR count). The van der Waals surface area contributed by atoms with Crippen LogP contribution in [0.15, 0.2) is 45.6 Å². The van der Waals surface area contributed by atoms with Crippen LogP contribution in [0.3, 0.4) is 0 Å². The number of fused-ring (bicyclic) bond motifs is 1. The quantitative estimate of drug-likeness (QED) is 0.448. The number of halogens is 1. The fourth-order valence-electron chi connectivity index (χ4n) is 3.22. The zero-order chi connectivity index (χ0) is 23.1. The van der Waals surface area contributed by atoms with Gasteiger partial charge in [-0.2, -0.15) is 0 Å². The van der Waals surface area contributed by atoms with Crippen LogP contribution in [0, 0.1) is 13.8 Å². The summed E-state index contributed by atoms with van der Waals surface area (Å²) < 4.78 is 17.5. The molecule has 164 valence electrons. The number of rotatable bonds is 4. The van der Waals surface area contributed by atoms with Crippen LogP contribution >= 0.6 is 11.6 Å². The maximum atomic E-state index is 12.6. The highest BCUT2D eigenvalue weighted by molar-refractivity contribution is 6.31. The van der Waals surface area contributed by atoms with Crippen LogP contribution in [0.25, 0.3) is 22.3 Å². The van der Waals surface area contributed by atoms with Crippen molar-refractivity contribution < 1.29 is 18.7 Å². The second kappa shape index (κ2) is 8.04. The minimum absolute atomic E-state index is 0.144. The number of hydrogen-bond donors (Lipinski definition) is 0. The van der Waals surface area contributed by atoms with E-state index in [2.05, 4.69) is 0 Å². The highest BCUT2D eigenvalue weighted by atomic mass is 35.5. The Balaban J connectivity index is 1.98. The molecule has 0 saturated carbocycles. The van der Waals surface area contributed by atoms with Crippen LogP contribution in [0.1, 0.15) is 45.7 Å².